The van der Waals surface area contributed by atoms with Gasteiger partial charge in [0.25, 0.3) is 5.91 Å². The number of nitrogens with zero attached hydrogens (tertiary/aromatic N) is 1. The highest BCUT2D eigenvalue weighted by Crippen LogP contribution is 2.37. The van der Waals surface area contributed by atoms with Crippen molar-refractivity contribution < 1.29 is 9.59 Å². The smallest absolute Gasteiger partial charge is 0.262 e. The Balaban J connectivity index is 1.79. The molecular formula is C22H18ClN3O2. The summed E-state index contributed by atoms with van der Waals surface area (Å²) < 4.78 is 0. The lowest BCUT2D eigenvalue weighted by molar-refractivity contribution is -0.114. The average molecular weight is 392 g/mol. The van der Waals surface area contributed by atoms with Crippen molar-refractivity contribution in [1.29, 1.82) is 0 Å². The summed E-state index contributed by atoms with van der Waals surface area (Å²) >= 11 is 6.19. The fourth-order valence-corrected chi connectivity index (χ4v) is 3.54. The van der Waals surface area contributed by atoms with Gasteiger partial charge in [-0.25, -0.2) is 0 Å². The third kappa shape index (κ3) is 3.44. The topological polar surface area (TPSA) is 61.4 Å². The van der Waals surface area contributed by atoms with E-state index in [1.54, 1.807) is 29.2 Å². The molecule has 0 saturated heterocycles. The summed E-state index contributed by atoms with van der Waals surface area (Å²) in [6.07, 6.45) is -0.410. The van der Waals surface area contributed by atoms with Crippen LogP contribution in [0.25, 0.3) is 0 Å². The second-order valence-electron chi connectivity index (χ2n) is 6.55. The largest absolute Gasteiger partial charge is 0.360 e. The number of hydrogen-bond donors (Lipinski definition) is 2. The summed E-state index contributed by atoms with van der Waals surface area (Å²) in [4.78, 5) is 26.3. The van der Waals surface area contributed by atoms with Crippen LogP contribution in [0.15, 0.2) is 72.8 Å². The summed E-state index contributed by atoms with van der Waals surface area (Å²) in [5.41, 5.74) is 3.65. The van der Waals surface area contributed by atoms with Crippen molar-refractivity contribution in [2.24, 2.45) is 0 Å². The third-order valence-corrected chi connectivity index (χ3v) is 4.79. The van der Waals surface area contributed by atoms with Crippen molar-refractivity contribution in [3.63, 3.8) is 0 Å². The quantitative estimate of drug-likeness (QED) is 0.655. The molecule has 0 radical (unpaired) electrons. The molecule has 6 heteroatoms. The average Bonchev–Trinajstić information content (AvgIpc) is 2.68. The summed E-state index contributed by atoms with van der Waals surface area (Å²) in [5, 5.41) is 6.78. The summed E-state index contributed by atoms with van der Waals surface area (Å²) in [6, 6.07) is 22.1. The summed E-state index contributed by atoms with van der Waals surface area (Å²) in [6.45, 7) is 1.46. The van der Waals surface area contributed by atoms with E-state index in [-0.39, 0.29) is 11.8 Å². The van der Waals surface area contributed by atoms with Gasteiger partial charge in [-0.1, -0.05) is 35.9 Å². The fraction of sp³-hybridized carbons (Fsp3) is 0.0909. The van der Waals surface area contributed by atoms with E-state index in [0.717, 1.165) is 11.3 Å². The molecule has 1 unspecified atom stereocenters. The zero-order valence-corrected chi connectivity index (χ0v) is 15.9. The van der Waals surface area contributed by atoms with Crippen molar-refractivity contribution in [2.75, 3.05) is 15.5 Å². The van der Waals surface area contributed by atoms with Crippen LogP contribution in [0.5, 0.6) is 0 Å². The first-order valence-corrected chi connectivity index (χ1v) is 9.23. The van der Waals surface area contributed by atoms with E-state index in [9.17, 15) is 9.59 Å². The first kappa shape index (κ1) is 18.1. The lowest BCUT2D eigenvalue weighted by Crippen LogP contribution is -2.43. The lowest BCUT2D eigenvalue weighted by atomic mass is 10.0. The van der Waals surface area contributed by atoms with E-state index in [0.29, 0.717) is 22.0 Å². The molecule has 4 rings (SSSR count). The molecule has 1 aliphatic heterocycles. The monoisotopic (exact) mass is 391 g/mol. The number of amides is 2. The Kier molecular flexibility index (Phi) is 4.75. The van der Waals surface area contributed by atoms with Crippen LogP contribution in [-0.4, -0.2) is 11.8 Å². The maximum absolute atomic E-state index is 13.3. The van der Waals surface area contributed by atoms with Gasteiger partial charge in [-0.2, -0.15) is 0 Å². The van der Waals surface area contributed by atoms with Gasteiger partial charge in [0.15, 0.2) is 0 Å². The minimum atomic E-state index is -0.410. The zero-order valence-electron chi connectivity index (χ0n) is 15.1. The molecule has 1 atom stereocenters. The fourth-order valence-electron chi connectivity index (χ4n) is 3.34. The molecule has 0 aliphatic carbocycles. The van der Waals surface area contributed by atoms with E-state index < -0.39 is 6.17 Å². The number of hydrogen-bond acceptors (Lipinski definition) is 3. The van der Waals surface area contributed by atoms with Crippen LogP contribution in [-0.2, 0) is 4.79 Å². The summed E-state index contributed by atoms with van der Waals surface area (Å²) in [7, 11) is 0. The molecule has 140 valence electrons. The van der Waals surface area contributed by atoms with Gasteiger partial charge in [0.05, 0.1) is 5.56 Å². The number of rotatable bonds is 3. The number of anilines is 3. The van der Waals surface area contributed by atoms with Crippen LogP contribution in [0.1, 0.15) is 29.0 Å². The van der Waals surface area contributed by atoms with Crippen LogP contribution in [0.2, 0.25) is 5.02 Å². The normalized spacial score (nSPS) is 15.6. The minimum Gasteiger partial charge on any atom is -0.360 e. The van der Waals surface area contributed by atoms with Crippen molar-refractivity contribution in [3.8, 4) is 0 Å². The van der Waals surface area contributed by atoms with Crippen LogP contribution in [0, 0.1) is 0 Å². The Bertz CT molecular complexity index is 1050. The minimum absolute atomic E-state index is 0.105. The molecule has 3 aromatic rings. The van der Waals surface area contributed by atoms with Gasteiger partial charge in [-0.3, -0.25) is 14.5 Å². The van der Waals surface area contributed by atoms with Crippen molar-refractivity contribution in [1.82, 2.24) is 0 Å². The lowest BCUT2D eigenvalue weighted by Gasteiger charge is -2.38. The molecule has 2 N–H and O–H groups in total. The Morgan fingerprint density at radius 3 is 2.50 bits per heavy atom. The van der Waals surface area contributed by atoms with E-state index in [1.165, 1.54) is 6.92 Å². The van der Waals surface area contributed by atoms with Gasteiger partial charge >= 0.3 is 0 Å². The van der Waals surface area contributed by atoms with Crippen molar-refractivity contribution >= 4 is 40.5 Å². The number of fused-ring (bicyclic) bond motifs is 1. The first-order valence-electron chi connectivity index (χ1n) is 8.85. The SMILES string of the molecule is CC(=O)Nc1ccc(N2C(=O)c3ccccc3NC2c2cccc(Cl)c2)cc1. The zero-order chi connectivity index (χ0) is 19.7. The molecule has 0 saturated carbocycles. The van der Waals surface area contributed by atoms with Gasteiger partial charge in [0.2, 0.25) is 5.91 Å². The molecule has 0 aromatic heterocycles. The highest BCUT2D eigenvalue weighted by Gasteiger charge is 2.34. The van der Waals surface area contributed by atoms with E-state index in [2.05, 4.69) is 10.6 Å². The molecule has 1 heterocycles. The van der Waals surface area contributed by atoms with Gasteiger partial charge in [-0.05, 0) is 54.1 Å². The molecule has 28 heavy (non-hydrogen) atoms. The maximum Gasteiger partial charge on any atom is 0.262 e. The number of nitrogens with one attached hydrogen (secondary N) is 2. The van der Waals surface area contributed by atoms with E-state index in [1.807, 2.05) is 48.5 Å². The molecular weight excluding hydrogens is 374 g/mol. The second-order valence-corrected chi connectivity index (χ2v) is 6.99. The molecule has 0 fully saturated rings. The molecule has 5 nitrogen and oxygen atoms in total. The van der Waals surface area contributed by atoms with Crippen LogP contribution >= 0.6 is 11.6 Å². The second kappa shape index (κ2) is 7.37. The number of para-hydroxylation sites is 1. The van der Waals surface area contributed by atoms with Crippen molar-refractivity contribution in [2.45, 2.75) is 13.1 Å². The third-order valence-electron chi connectivity index (χ3n) is 4.56. The molecule has 1 aliphatic rings. The number of halogens is 1. The first-order chi connectivity index (χ1) is 13.5. The van der Waals surface area contributed by atoms with Gasteiger partial charge in [-0.15, -0.1) is 0 Å². The molecule has 3 aromatic carbocycles. The maximum atomic E-state index is 13.3. The number of benzene rings is 3. The standard InChI is InChI=1S/C22H18ClN3O2/c1-14(27)24-17-9-11-18(12-10-17)26-21(15-5-4-6-16(23)13-15)25-20-8-3-2-7-19(20)22(26)28/h2-13,21,25H,1H3,(H,24,27). The Hall–Kier alpha value is -3.31. The number of carbonyl (C=O) groups excluding carboxylic acids is 2. The molecule has 0 spiro atoms. The Morgan fingerprint density at radius 2 is 1.79 bits per heavy atom. The van der Waals surface area contributed by atoms with Gasteiger partial charge in [0.1, 0.15) is 6.17 Å². The van der Waals surface area contributed by atoms with Crippen LogP contribution < -0.4 is 15.5 Å². The highest BCUT2D eigenvalue weighted by molar-refractivity contribution is 6.30. The van der Waals surface area contributed by atoms with Crippen LogP contribution in [0.3, 0.4) is 0 Å². The Morgan fingerprint density at radius 1 is 1.04 bits per heavy atom. The predicted octanol–water partition coefficient (Wildman–Crippen LogP) is 5.07. The molecule has 0 bridgehead atoms. The predicted molar refractivity (Wildman–Crippen MR) is 112 cm³/mol. The highest BCUT2D eigenvalue weighted by atomic mass is 35.5. The van der Waals surface area contributed by atoms with E-state index >= 15 is 0 Å². The Labute approximate surface area is 167 Å². The van der Waals surface area contributed by atoms with Crippen molar-refractivity contribution in [3.05, 3.63) is 88.9 Å². The molecule has 2 amide bonds. The number of carbonyl (C=O) groups is 2. The van der Waals surface area contributed by atoms with Gasteiger partial charge < -0.3 is 10.6 Å². The van der Waals surface area contributed by atoms with Crippen LogP contribution in [0.4, 0.5) is 17.1 Å². The summed E-state index contributed by atoms with van der Waals surface area (Å²) in [5.74, 6) is -0.249. The van der Waals surface area contributed by atoms with E-state index in [4.69, 9.17) is 11.6 Å². The van der Waals surface area contributed by atoms with Gasteiger partial charge in [0, 0.05) is 29.0 Å².